The number of fused-ring (bicyclic) bond motifs is 1. The third-order valence-corrected chi connectivity index (χ3v) is 4.30. The van der Waals surface area contributed by atoms with Crippen LogP contribution in [0.3, 0.4) is 0 Å². The van der Waals surface area contributed by atoms with E-state index >= 15 is 0 Å². The number of rotatable bonds is 6. The molecule has 3 N–H and O–H groups in total. The molecule has 0 radical (unpaired) electrons. The standard InChI is InChI=1S/C21H26N6O3/c1-12(2)22-21(29)25-16-9-7-6-8-15(16)24-17(28)11-30-20-18-13(3)10-14(4)23-19(18)27(5)26-20/h6-10,12H,11H2,1-5H3,(H,24,28)(H2,22,25,29). The van der Waals surface area contributed by atoms with Crippen molar-refractivity contribution < 1.29 is 14.3 Å². The Hall–Kier alpha value is -3.62. The van der Waals surface area contributed by atoms with E-state index in [-0.39, 0.29) is 24.6 Å². The summed E-state index contributed by atoms with van der Waals surface area (Å²) < 4.78 is 7.32. The van der Waals surface area contributed by atoms with Crippen LogP contribution in [0.15, 0.2) is 30.3 Å². The maximum atomic E-state index is 12.5. The molecule has 30 heavy (non-hydrogen) atoms. The normalized spacial score (nSPS) is 10.9. The van der Waals surface area contributed by atoms with Crippen molar-refractivity contribution in [2.24, 2.45) is 7.05 Å². The van der Waals surface area contributed by atoms with Crippen LogP contribution in [0.25, 0.3) is 11.0 Å². The van der Waals surface area contributed by atoms with Crippen LogP contribution in [0.2, 0.25) is 0 Å². The average molecular weight is 410 g/mol. The molecule has 0 aliphatic rings. The molecule has 1 aromatic carbocycles. The molecule has 0 atom stereocenters. The molecule has 0 saturated carbocycles. The Morgan fingerprint density at radius 3 is 2.47 bits per heavy atom. The minimum absolute atomic E-state index is 0.00455. The zero-order chi connectivity index (χ0) is 21.8. The zero-order valence-corrected chi connectivity index (χ0v) is 17.7. The van der Waals surface area contributed by atoms with Gasteiger partial charge in [0.25, 0.3) is 5.91 Å². The summed E-state index contributed by atoms with van der Waals surface area (Å²) in [6, 6.07) is 8.55. The molecule has 0 bridgehead atoms. The van der Waals surface area contributed by atoms with Crippen molar-refractivity contribution in [2.45, 2.75) is 33.7 Å². The molecule has 3 rings (SSSR count). The largest absolute Gasteiger partial charge is 0.466 e. The van der Waals surface area contributed by atoms with Gasteiger partial charge < -0.3 is 20.7 Å². The second-order valence-corrected chi connectivity index (χ2v) is 7.34. The summed E-state index contributed by atoms with van der Waals surface area (Å²) in [7, 11) is 1.78. The lowest BCUT2D eigenvalue weighted by molar-refractivity contribution is -0.118. The topological polar surface area (TPSA) is 110 Å². The number of carbonyl (C=O) groups is 2. The highest BCUT2D eigenvalue weighted by Gasteiger charge is 2.16. The second-order valence-electron chi connectivity index (χ2n) is 7.34. The van der Waals surface area contributed by atoms with Crippen LogP contribution in [0.1, 0.15) is 25.1 Å². The molecule has 0 unspecified atom stereocenters. The number of carbonyl (C=O) groups excluding carboxylic acids is 2. The summed E-state index contributed by atoms with van der Waals surface area (Å²) in [4.78, 5) is 28.9. The van der Waals surface area contributed by atoms with Gasteiger partial charge in [-0.3, -0.25) is 4.79 Å². The highest BCUT2D eigenvalue weighted by Crippen LogP contribution is 2.27. The highest BCUT2D eigenvalue weighted by molar-refractivity contribution is 5.99. The predicted molar refractivity (Wildman–Crippen MR) is 116 cm³/mol. The van der Waals surface area contributed by atoms with Gasteiger partial charge in [-0.1, -0.05) is 12.1 Å². The van der Waals surface area contributed by atoms with Gasteiger partial charge in [0.15, 0.2) is 12.3 Å². The summed E-state index contributed by atoms with van der Waals surface area (Å²) >= 11 is 0. The molecule has 158 valence electrons. The monoisotopic (exact) mass is 410 g/mol. The summed E-state index contributed by atoms with van der Waals surface area (Å²) in [6.45, 7) is 7.37. The quantitative estimate of drug-likeness (QED) is 0.578. The number of pyridine rings is 1. The summed E-state index contributed by atoms with van der Waals surface area (Å²) in [5, 5.41) is 13.4. The first-order valence-corrected chi connectivity index (χ1v) is 9.64. The number of anilines is 2. The van der Waals surface area contributed by atoms with E-state index in [4.69, 9.17) is 4.74 Å². The number of para-hydroxylation sites is 2. The Bertz CT molecular complexity index is 1090. The van der Waals surface area contributed by atoms with E-state index in [1.165, 1.54) is 0 Å². The van der Waals surface area contributed by atoms with Gasteiger partial charge in [-0.05, 0) is 51.5 Å². The van der Waals surface area contributed by atoms with Crippen LogP contribution >= 0.6 is 0 Å². The number of hydrogen-bond acceptors (Lipinski definition) is 5. The molecule has 3 amide bonds. The minimum atomic E-state index is -0.370. The maximum Gasteiger partial charge on any atom is 0.319 e. The zero-order valence-electron chi connectivity index (χ0n) is 17.7. The van der Waals surface area contributed by atoms with Crippen LogP contribution in [-0.4, -0.2) is 39.4 Å². The number of urea groups is 1. The number of aryl methyl sites for hydroxylation is 3. The van der Waals surface area contributed by atoms with Crippen molar-refractivity contribution in [3.63, 3.8) is 0 Å². The predicted octanol–water partition coefficient (Wildman–Crippen LogP) is 3.13. The number of benzene rings is 1. The molecule has 0 aliphatic carbocycles. The third kappa shape index (κ3) is 4.86. The first kappa shape index (κ1) is 21.1. The number of hydrogen-bond donors (Lipinski definition) is 3. The van der Waals surface area contributed by atoms with Crippen molar-refractivity contribution >= 4 is 34.3 Å². The second kappa shape index (κ2) is 8.81. The molecule has 2 heterocycles. The van der Waals surface area contributed by atoms with E-state index in [1.54, 1.807) is 36.0 Å². The molecule has 9 nitrogen and oxygen atoms in total. The lowest BCUT2D eigenvalue weighted by atomic mass is 10.2. The number of amides is 3. The first-order chi connectivity index (χ1) is 14.2. The Balaban J connectivity index is 1.69. The average Bonchev–Trinajstić information content (AvgIpc) is 2.97. The van der Waals surface area contributed by atoms with Crippen molar-refractivity contribution in [3.05, 3.63) is 41.6 Å². The smallest absolute Gasteiger partial charge is 0.319 e. The van der Waals surface area contributed by atoms with Gasteiger partial charge in [0.1, 0.15) is 0 Å². The molecule has 0 saturated heterocycles. The van der Waals surface area contributed by atoms with Gasteiger partial charge >= 0.3 is 6.03 Å². The van der Waals surface area contributed by atoms with Crippen LogP contribution in [0.5, 0.6) is 5.88 Å². The number of nitrogens with zero attached hydrogens (tertiary/aromatic N) is 3. The summed E-state index contributed by atoms with van der Waals surface area (Å²) in [6.07, 6.45) is 0. The molecule has 9 heteroatoms. The van der Waals surface area contributed by atoms with Crippen molar-refractivity contribution in [2.75, 3.05) is 17.2 Å². The Morgan fingerprint density at radius 2 is 1.80 bits per heavy atom. The SMILES string of the molecule is Cc1cc(C)c2c(OCC(=O)Nc3ccccc3NC(=O)NC(C)C)nn(C)c2n1. The number of nitrogens with one attached hydrogen (secondary N) is 3. The van der Waals surface area contributed by atoms with E-state index in [0.717, 1.165) is 16.6 Å². The van der Waals surface area contributed by atoms with Crippen LogP contribution in [-0.2, 0) is 11.8 Å². The lowest BCUT2D eigenvalue weighted by Gasteiger charge is -2.14. The summed E-state index contributed by atoms with van der Waals surface area (Å²) in [5.74, 6) is -0.0135. The van der Waals surface area contributed by atoms with Crippen molar-refractivity contribution in [1.82, 2.24) is 20.1 Å². The fraction of sp³-hybridized carbons (Fsp3) is 0.333. The van der Waals surface area contributed by atoms with Gasteiger partial charge in [-0.15, -0.1) is 5.10 Å². The van der Waals surface area contributed by atoms with Crippen molar-refractivity contribution in [3.8, 4) is 5.88 Å². The van der Waals surface area contributed by atoms with E-state index in [2.05, 4.69) is 26.0 Å². The molecular weight excluding hydrogens is 384 g/mol. The van der Waals surface area contributed by atoms with E-state index < -0.39 is 0 Å². The van der Waals surface area contributed by atoms with Gasteiger partial charge in [-0.2, -0.15) is 0 Å². The highest BCUT2D eigenvalue weighted by atomic mass is 16.5. The molecular formula is C21H26N6O3. The molecule has 0 aliphatic heterocycles. The van der Waals surface area contributed by atoms with Gasteiger partial charge in [0.05, 0.1) is 16.8 Å². The van der Waals surface area contributed by atoms with Gasteiger partial charge in [0.2, 0.25) is 5.88 Å². The first-order valence-electron chi connectivity index (χ1n) is 9.64. The van der Waals surface area contributed by atoms with Gasteiger partial charge in [-0.25, -0.2) is 14.5 Å². The van der Waals surface area contributed by atoms with Crippen LogP contribution in [0.4, 0.5) is 16.2 Å². The van der Waals surface area contributed by atoms with E-state index in [9.17, 15) is 9.59 Å². The van der Waals surface area contributed by atoms with E-state index in [0.29, 0.717) is 22.9 Å². The maximum absolute atomic E-state index is 12.5. The van der Waals surface area contributed by atoms with Crippen LogP contribution in [0, 0.1) is 13.8 Å². The number of aromatic nitrogens is 3. The molecule has 0 spiro atoms. The molecule has 3 aromatic rings. The fourth-order valence-corrected chi connectivity index (χ4v) is 3.09. The Kier molecular flexibility index (Phi) is 6.20. The molecule has 2 aromatic heterocycles. The van der Waals surface area contributed by atoms with Gasteiger partial charge in [0, 0.05) is 18.8 Å². The Morgan fingerprint density at radius 1 is 1.13 bits per heavy atom. The van der Waals surface area contributed by atoms with Crippen molar-refractivity contribution in [1.29, 1.82) is 0 Å². The summed E-state index contributed by atoms with van der Waals surface area (Å²) in [5.41, 5.74) is 3.53. The lowest BCUT2D eigenvalue weighted by Crippen LogP contribution is -2.34. The fourth-order valence-electron chi connectivity index (χ4n) is 3.09. The minimum Gasteiger partial charge on any atom is -0.466 e. The third-order valence-electron chi connectivity index (χ3n) is 4.30. The number of ether oxygens (including phenoxy) is 1. The van der Waals surface area contributed by atoms with Crippen LogP contribution < -0.4 is 20.7 Å². The molecule has 0 fully saturated rings. The van der Waals surface area contributed by atoms with E-state index in [1.807, 2.05) is 33.8 Å². The Labute approximate surface area is 174 Å².